The van der Waals surface area contributed by atoms with Crippen LogP contribution in [0, 0.1) is 0 Å². The molecule has 2 aromatic heterocycles. The summed E-state index contributed by atoms with van der Waals surface area (Å²) in [5, 5.41) is 9.30. The van der Waals surface area contributed by atoms with Crippen LogP contribution < -0.4 is 4.74 Å². The summed E-state index contributed by atoms with van der Waals surface area (Å²) < 4.78 is 18.2. The fraction of sp³-hybridized carbons (Fsp3) is 0.455. The number of hydrogen-bond acceptors (Lipinski definition) is 7. The number of aromatic nitrogens is 4. The molecule has 1 atom stereocenters. The number of aryl methyl sites for hydroxylation is 1. The summed E-state index contributed by atoms with van der Waals surface area (Å²) in [4.78, 5) is 23.2. The van der Waals surface area contributed by atoms with Crippen LogP contribution in [0.15, 0.2) is 11.5 Å². The monoisotopic (exact) mass is 330 g/mol. The highest BCUT2D eigenvalue weighted by atomic mass is 32.2. The molecule has 0 aliphatic carbocycles. The Morgan fingerprint density at radius 1 is 1.52 bits per heavy atom. The summed E-state index contributed by atoms with van der Waals surface area (Å²) in [7, 11) is 0.508. The van der Waals surface area contributed by atoms with Gasteiger partial charge in [0.2, 0.25) is 5.88 Å². The van der Waals surface area contributed by atoms with Gasteiger partial charge >= 0.3 is 5.97 Å². The van der Waals surface area contributed by atoms with Crippen molar-refractivity contribution in [1.82, 2.24) is 19.5 Å². The number of fused-ring (bicyclic) bond motifs is 1. The van der Waals surface area contributed by atoms with Crippen molar-refractivity contribution in [3.8, 4) is 5.88 Å². The van der Waals surface area contributed by atoms with E-state index in [9.17, 15) is 9.00 Å². The Kier molecular flexibility index (Phi) is 5.12. The summed E-state index contributed by atoms with van der Waals surface area (Å²) >= 11 is 1.08. The van der Waals surface area contributed by atoms with Crippen molar-refractivity contribution < 1.29 is 18.8 Å². The molecular weight excluding hydrogens is 316 g/mol. The molecule has 0 fully saturated rings. The van der Waals surface area contributed by atoms with Gasteiger partial charge in [-0.15, -0.1) is 0 Å². The van der Waals surface area contributed by atoms with Gasteiger partial charge in [0.15, 0.2) is 16.3 Å². The zero-order valence-corrected chi connectivity index (χ0v) is 13.1. The zero-order valence-electron chi connectivity index (χ0n) is 11.5. The van der Waals surface area contributed by atoms with Crippen molar-refractivity contribution in [1.29, 1.82) is 0 Å². The van der Waals surface area contributed by atoms with E-state index < -0.39 is 16.8 Å². The quantitative estimate of drug-likeness (QED) is 0.727. The summed E-state index contributed by atoms with van der Waals surface area (Å²) in [6.45, 7) is 0.432. The molecule has 0 amide bonds. The van der Waals surface area contributed by atoms with Gasteiger partial charge < -0.3 is 14.4 Å². The van der Waals surface area contributed by atoms with Crippen LogP contribution >= 0.6 is 11.8 Å². The Labute approximate surface area is 127 Å². The van der Waals surface area contributed by atoms with Crippen molar-refractivity contribution in [2.45, 2.75) is 11.7 Å². The lowest BCUT2D eigenvalue weighted by molar-refractivity contribution is -0.133. The molecule has 8 nitrogen and oxygen atoms in total. The molecule has 2 aromatic rings. The zero-order chi connectivity index (χ0) is 15.4. The smallest absolute Gasteiger partial charge is 0.313 e. The lowest BCUT2D eigenvalue weighted by Gasteiger charge is -2.06. The predicted octanol–water partition coefficient (Wildman–Crippen LogP) is 0.390. The topological polar surface area (TPSA) is 107 Å². The molecule has 0 spiro atoms. The van der Waals surface area contributed by atoms with Gasteiger partial charge in [-0.1, -0.05) is 11.8 Å². The number of nitrogens with zero attached hydrogens (tertiary/aromatic N) is 4. The molecule has 114 valence electrons. The van der Waals surface area contributed by atoms with Crippen LogP contribution in [0.3, 0.4) is 0 Å². The van der Waals surface area contributed by atoms with Gasteiger partial charge in [0.05, 0.1) is 12.9 Å². The van der Waals surface area contributed by atoms with E-state index in [0.717, 1.165) is 11.8 Å². The van der Waals surface area contributed by atoms with Crippen LogP contribution in [0.4, 0.5) is 0 Å². The summed E-state index contributed by atoms with van der Waals surface area (Å²) in [5.74, 6) is -0.295. The van der Waals surface area contributed by atoms with E-state index >= 15 is 0 Å². The molecule has 10 heteroatoms. The van der Waals surface area contributed by atoms with Crippen LogP contribution in [0.2, 0.25) is 0 Å². The van der Waals surface area contributed by atoms with E-state index in [1.165, 1.54) is 13.4 Å². The maximum absolute atomic E-state index is 11.3. The van der Waals surface area contributed by atoms with Gasteiger partial charge in [0.25, 0.3) is 0 Å². The standard InChI is InChI=1S/C11H14N4O4S2/c1-19-10-8-9(12-6-13-10)15(3-4-21(2)18)11(14-8)20-5-7(16)17/h6H,3-5H2,1-2H3,(H,16,17). The van der Waals surface area contributed by atoms with Crippen molar-refractivity contribution in [3.63, 3.8) is 0 Å². The average molecular weight is 330 g/mol. The molecule has 0 aliphatic heterocycles. The molecular formula is C11H14N4O4S2. The molecule has 0 radical (unpaired) electrons. The highest BCUT2D eigenvalue weighted by Gasteiger charge is 2.17. The van der Waals surface area contributed by atoms with E-state index in [4.69, 9.17) is 9.84 Å². The summed E-state index contributed by atoms with van der Waals surface area (Å²) in [6.07, 6.45) is 2.96. The summed E-state index contributed by atoms with van der Waals surface area (Å²) in [5.41, 5.74) is 1.01. The Morgan fingerprint density at radius 2 is 2.29 bits per heavy atom. The lowest BCUT2D eigenvalue weighted by atomic mass is 10.5. The molecule has 1 N–H and O–H groups in total. The van der Waals surface area contributed by atoms with Gasteiger partial charge in [-0.3, -0.25) is 9.00 Å². The minimum absolute atomic E-state index is 0.117. The largest absolute Gasteiger partial charge is 0.481 e. The number of ether oxygens (including phenoxy) is 1. The van der Waals surface area contributed by atoms with E-state index in [0.29, 0.717) is 34.5 Å². The van der Waals surface area contributed by atoms with Crippen molar-refractivity contribution in [2.24, 2.45) is 0 Å². The first-order valence-electron chi connectivity index (χ1n) is 5.92. The first kappa shape index (κ1) is 15.7. The van der Waals surface area contributed by atoms with Crippen LogP contribution in [-0.2, 0) is 22.1 Å². The van der Waals surface area contributed by atoms with E-state index in [2.05, 4.69) is 15.0 Å². The van der Waals surface area contributed by atoms with Crippen LogP contribution in [-0.4, -0.2) is 59.7 Å². The molecule has 0 aliphatic rings. The van der Waals surface area contributed by atoms with Gasteiger partial charge in [0.1, 0.15) is 6.33 Å². The molecule has 0 saturated carbocycles. The molecule has 0 bridgehead atoms. The predicted molar refractivity (Wildman–Crippen MR) is 79.2 cm³/mol. The molecule has 2 heterocycles. The summed E-state index contributed by atoms with van der Waals surface area (Å²) in [6, 6.07) is 0. The van der Waals surface area contributed by atoms with Gasteiger partial charge in [-0.25, -0.2) is 9.97 Å². The third kappa shape index (κ3) is 3.70. The number of imidazole rings is 1. The molecule has 0 aromatic carbocycles. The maximum atomic E-state index is 11.3. The van der Waals surface area contributed by atoms with E-state index in [1.54, 1.807) is 10.8 Å². The van der Waals surface area contributed by atoms with E-state index in [1.807, 2.05) is 0 Å². The Hall–Kier alpha value is -1.68. The fourth-order valence-corrected chi connectivity index (χ4v) is 2.88. The average Bonchev–Trinajstić information content (AvgIpc) is 2.80. The Balaban J connectivity index is 2.45. The SMILES string of the molecule is COc1ncnc2c1nc(SCC(=O)O)n2CCS(C)=O. The van der Waals surface area contributed by atoms with Crippen molar-refractivity contribution in [3.05, 3.63) is 6.33 Å². The number of rotatable bonds is 7. The second-order valence-electron chi connectivity index (χ2n) is 4.06. The van der Waals surface area contributed by atoms with Crippen LogP contribution in [0.25, 0.3) is 11.2 Å². The van der Waals surface area contributed by atoms with Crippen molar-refractivity contribution >= 4 is 39.7 Å². The number of carbonyl (C=O) groups is 1. The van der Waals surface area contributed by atoms with Crippen LogP contribution in [0.1, 0.15) is 0 Å². The molecule has 1 unspecified atom stereocenters. The number of carboxylic acids is 1. The maximum Gasteiger partial charge on any atom is 0.313 e. The second-order valence-corrected chi connectivity index (χ2v) is 6.56. The number of carboxylic acid groups (broad SMARTS) is 1. The third-order valence-corrected chi connectivity index (χ3v) is 4.30. The number of hydrogen-bond donors (Lipinski definition) is 1. The third-order valence-electron chi connectivity index (χ3n) is 2.58. The first-order valence-corrected chi connectivity index (χ1v) is 8.64. The van der Waals surface area contributed by atoms with E-state index in [-0.39, 0.29) is 5.75 Å². The molecule has 21 heavy (non-hydrogen) atoms. The minimum atomic E-state index is -0.970. The molecule has 0 saturated heterocycles. The highest BCUT2D eigenvalue weighted by Crippen LogP contribution is 2.27. The Morgan fingerprint density at radius 3 is 2.90 bits per heavy atom. The first-order chi connectivity index (χ1) is 10.0. The fourth-order valence-electron chi connectivity index (χ4n) is 1.70. The number of thioether (sulfide) groups is 1. The van der Waals surface area contributed by atoms with Gasteiger partial charge in [-0.05, 0) is 0 Å². The van der Waals surface area contributed by atoms with Crippen molar-refractivity contribution in [2.75, 3.05) is 24.9 Å². The van der Waals surface area contributed by atoms with Crippen LogP contribution in [0.5, 0.6) is 5.88 Å². The minimum Gasteiger partial charge on any atom is -0.481 e. The Bertz CT molecular complexity index is 688. The highest BCUT2D eigenvalue weighted by molar-refractivity contribution is 7.99. The van der Waals surface area contributed by atoms with Gasteiger partial charge in [-0.2, -0.15) is 4.98 Å². The second kappa shape index (κ2) is 6.85. The number of aliphatic carboxylic acids is 1. The number of methoxy groups -OCH3 is 1. The normalized spacial score (nSPS) is 12.5. The van der Waals surface area contributed by atoms with Gasteiger partial charge in [0, 0.05) is 29.4 Å². The lowest BCUT2D eigenvalue weighted by Crippen LogP contribution is -2.09. The molecule has 2 rings (SSSR count).